The second-order valence-electron chi connectivity index (χ2n) is 22.0. The highest BCUT2D eigenvalue weighted by Crippen LogP contribution is 2.36. The van der Waals surface area contributed by atoms with Crippen LogP contribution in [0, 0.1) is 45.9 Å². The summed E-state index contributed by atoms with van der Waals surface area (Å²) in [7, 11) is 2.68. The van der Waals surface area contributed by atoms with Crippen LogP contribution in [0.1, 0.15) is 104 Å². The number of alkyl halides is 1. The average Bonchev–Trinajstić information content (AvgIpc) is 2.48. The lowest BCUT2D eigenvalue weighted by molar-refractivity contribution is -0.0593. The highest BCUT2D eigenvalue weighted by Gasteiger charge is 2.37. The third kappa shape index (κ3) is 13.3. The predicted octanol–water partition coefficient (Wildman–Crippen LogP) is 9.15. The number of esters is 2. The van der Waals surface area contributed by atoms with Crippen LogP contribution in [0.4, 0.5) is 22.0 Å². The lowest BCUT2D eigenvalue weighted by Gasteiger charge is -2.28. The fraction of sp³-hybridized carbons (Fsp3) is 0.375. The molecule has 0 radical (unpaired) electrons. The smallest absolute Gasteiger partial charge is 0.337 e. The Balaban J connectivity index is 0.000000182. The first-order valence-corrected chi connectivity index (χ1v) is 28.7. The van der Waals surface area contributed by atoms with Crippen LogP contribution in [0.3, 0.4) is 0 Å². The molecule has 8 heterocycles. The van der Waals surface area contributed by atoms with E-state index in [1.807, 2.05) is 21.6 Å². The third-order valence-corrected chi connectivity index (χ3v) is 16.6. The Labute approximate surface area is 502 Å². The molecule has 0 bridgehead atoms. The molecule has 4 aliphatic heterocycles. The minimum Gasteiger partial charge on any atom is -0.484 e. The number of pyridine rings is 2. The van der Waals surface area contributed by atoms with Crippen LogP contribution in [0.2, 0.25) is 0 Å². The van der Waals surface area contributed by atoms with E-state index in [4.69, 9.17) is 48.9 Å². The molecule has 2 unspecified atom stereocenters. The van der Waals surface area contributed by atoms with Gasteiger partial charge in [0.2, 0.25) is 0 Å². The maximum absolute atomic E-state index is 14.7. The molecule has 0 saturated carbocycles. The minimum absolute atomic E-state index is 0.00482. The first kappa shape index (κ1) is 60.8. The number of methoxy groups -OCH3 is 2. The molecule has 12 rings (SSSR count). The maximum Gasteiger partial charge on any atom is 0.337 e. The Morgan fingerprint density at radius 2 is 1.05 bits per heavy atom. The molecule has 8 aromatic rings. The van der Waals surface area contributed by atoms with Gasteiger partial charge >= 0.3 is 11.9 Å². The molecule has 456 valence electrons. The van der Waals surface area contributed by atoms with Gasteiger partial charge in [-0.1, -0.05) is 0 Å². The van der Waals surface area contributed by atoms with E-state index in [2.05, 4.69) is 19.4 Å². The van der Waals surface area contributed by atoms with Crippen LogP contribution < -0.4 is 9.47 Å². The first-order chi connectivity index (χ1) is 42.7. The highest BCUT2D eigenvalue weighted by atomic mass is 19.1. The van der Waals surface area contributed by atoms with Gasteiger partial charge in [0, 0.05) is 61.6 Å². The molecular formula is C64H61F5N10O9. The molecule has 0 amide bonds. The van der Waals surface area contributed by atoms with E-state index in [1.165, 1.54) is 50.6 Å². The van der Waals surface area contributed by atoms with E-state index >= 15 is 0 Å². The molecule has 4 aromatic carbocycles. The third-order valence-electron chi connectivity index (χ3n) is 16.6. The summed E-state index contributed by atoms with van der Waals surface area (Å²) in [5, 5.41) is 28.2. The number of nitriles is 2. The molecule has 0 spiro atoms. The van der Waals surface area contributed by atoms with Gasteiger partial charge in [0.05, 0.1) is 116 Å². The number of hydrogen-bond donors (Lipinski definition) is 1. The van der Waals surface area contributed by atoms with Crippen LogP contribution in [-0.2, 0) is 58.3 Å². The molecule has 1 N–H and O–H groups in total. The summed E-state index contributed by atoms with van der Waals surface area (Å²) >= 11 is 0. The number of carbonyl (C=O) groups is 2. The number of aromatic nitrogens is 6. The number of nitrogens with zero attached hydrogens (tertiary/aromatic N) is 10. The van der Waals surface area contributed by atoms with Crippen molar-refractivity contribution in [3.8, 4) is 23.6 Å². The summed E-state index contributed by atoms with van der Waals surface area (Å²) < 4.78 is 109. The lowest BCUT2D eigenvalue weighted by Crippen LogP contribution is -2.35. The van der Waals surface area contributed by atoms with Crippen LogP contribution in [-0.4, -0.2) is 134 Å². The minimum atomic E-state index is -0.728. The monoisotopic (exact) mass is 1210 g/mol. The number of aliphatic hydroxyl groups is 1. The van der Waals surface area contributed by atoms with Crippen LogP contribution in [0.15, 0.2) is 97.1 Å². The van der Waals surface area contributed by atoms with Gasteiger partial charge in [-0.05, 0) is 123 Å². The van der Waals surface area contributed by atoms with Gasteiger partial charge in [-0.25, -0.2) is 41.5 Å². The molecule has 4 aliphatic rings. The number of imidazole rings is 2. The number of ether oxygens (including phenoxy) is 6. The standard InChI is InChI=1S/C32H30F3N5O4.C32H31F2N5O5/c1-42-32(41)20-3-5-27-29(12-20)40(16-23-8-9-43-23)31(38-27)17-39-15-21(11-22(39)13-33)26-6-4-24(34)28(37-26)18-44-30-7-2-19(14-36)10-25(30)35;1-42-32(41)20-3-5-27-29(12-20)39(15-23-8-9-43-23)31(37-27)16-38-14-21(11-22(38)17-40)26-6-4-24(33)28(36-26)18-44-30-7-2-19(13-35)10-25(30)34/h2-7,10,12,21-23H,8-9,11,13,15-18H2,1H3;2-7,10,12,21-23,40H,8-9,11,14-18H2,1H3/t2*21?,22-,23+/m11/s1. The topological polar surface area (TPSA) is 225 Å². The first-order valence-electron chi connectivity index (χ1n) is 28.7. The zero-order valence-corrected chi connectivity index (χ0v) is 48.1. The van der Waals surface area contributed by atoms with Crippen molar-refractivity contribution in [2.75, 3.05) is 53.8 Å². The van der Waals surface area contributed by atoms with Crippen molar-refractivity contribution >= 4 is 34.0 Å². The molecule has 0 aliphatic carbocycles. The zero-order chi connectivity index (χ0) is 61.6. The molecule has 24 heteroatoms. The Kier molecular flexibility index (Phi) is 18.6. The molecule has 4 saturated heterocycles. The molecular weight excluding hydrogens is 1150 g/mol. The second kappa shape index (κ2) is 27.0. The summed E-state index contributed by atoms with van der Waals surface area (Å²) in [6, 6.07) is 27.0. The quantitative estimate of drug-likeness (QED) is 0.0554. The normalized spacial score (nSPS) is 19.9. The zero-order valence-electron chi connectivity index (χ0n) is 48.1. The number of carbonyl (C=O) groups excluding carboxylic acids is 2. The summed E-state index contributed by atoms with van der Waals surface area (Å²) in [5.41, 5.74) is 5.45. The average molecular weight is 1210 g/mol. The summed E-state index contributed by atoms with van der Waals surface area (Å²) in [6.45, 7) is 3.08. The second-order valence-corrected chi connectivity index (χ2v) is 22.0. The molecule has 19 nitrogen and oxygen atoms in total. The van der Waals surface area contributed by atoms with Crippen LogP contribution >= 0.6 is 0 Å². The Bertz CT molecular complexity index is 3720. The Morgan fingerprint density at radius 3 is 1.43 bits per heavy atom. The fourth-order valence-corrected chi connectivity index (χ4v) is 11.6. The van der Waals surface area contributed by atoms with E-state index in [1.54, 1.807) is 48.5 Å². The summed E-state index contributed by atoms with van der Waals surface area (Å²) in [5.74, 6) is -2.48. The van der Waals surface area contributed by atoms with E-state index < -0.39 is 47.9 Å². The van der Waals surface area contributed by atoms with Gasteiger partial charge in [0.1, 0.15) is 54.6 Å². The lowest BCUT2D eigenvalue weighted by atomic mass is 10.0. The van der Waals surface area contributed by atoms with Gasteiger partial charge in [-0.15, -0.1) is 0 Å². The number of hydrogen-bond acceptors (Lipinski definition) is 17. The number of aliphatic hydroxyl groups excluding tert-OH is 1. The van der Waals surface area contributed by atoms with Crippen molar-refractivity contribution in [1.29, 1.82) is 10.5 Å². The summed E-state index contributed by atoms with van der Waals surface area (Å²) in [4.78, 5) is 47.3. The fourth-order valence-electron chi connectivity index (χ4n) is 11.6. The molecule has 4 aromatic heterocycles. The molecule has 4 fully saturated rings. The largest absolute Gasteiger partial charge is 0.484 e. The van der Waals surface area contributed by atoms with Crippen molar-refractivity contribution in [3.05, 3.63) is 177 Å². The SMILES string of the molecule is COC(=O)c1ccc2nc(CN3CC(c4ccc(F)c(COc5ccc(C#N)cc5F)n4)C[C@@H]3CF)n(C[C@@H]3CCO3)c2c1.COC(=O)c1ccc2nc(CN3CC(c4ccc(F)c(COc5ccc(C#N)cc5F)n4)C[C@@H]3CO)n(C[C@@H]3CCO3)c2c1. The van der Waals surface area contributed by atoms with Gasteiger partial charge in [-0.2, -0.15) is 10.5 Å². The van der Waals surface area contributed by atoms with Crippen LogP contribution in [0.25, 0.3) is 22.1 Å². The number of benzene rings is 4. The number of likely N-dealkylation sites (tertiary alicyclic amines) is 2. The van der Waals surface area contributed by atoms with Gasteiger partial charge < -0.3 is 42.7 Å². The summed E-state index contributed by atoms with van der Waals surface area (Å²) in [6.07, 6.45) is 2.99. The van der Waals surface area contributed by atoms with Crippen molar-refractivity contribution in [3.63, 3.8) is 0 Å². The van der Waals surface area contributed by atoms with E-state index in [9.17, 15) is 36.6 Å². The maximum atomic E-state index is 14.7. The predicted molar refractivity (Wildman–Crippen MR) is 306 cm³/mol. The number of halogens is 5. The molecule has 6 atom stereocenters. The van der Waals surface area contributed by atoms with Crippen molar-refractivity contribution in [1.82, 2.24) is 38.9 Å². The van der Waals surface area contributed by atoms with E-state index in [0.717, 1.165) is 53.2 Å². The van der Waals surface area contributed by atoms with Gasteiger partial charge in [0.15, 0.2) is 23.1 Å². The van der Waals surface area contributed by atoms with Crippen molar-refractivity contribution in [2.24, 2.45) is 0 Å². The number of rotatable bonds is 20. The van der Waals surface area contributed by atoms with Crippen molar-refractivity contribution < 1.29 is 65.1 Å². The van der Waals surface area contributed by atoms with E-state index in [-0.39, 0.29) is 83.9 Å². The van der Waals surface area contributed by atoms with Crippen LogP contribution in [0.5, 0.6) is 11.5 Å². The van der Waals surface area contributed by atoms with Crippen molar-refractivity contribution in [2.45, 2.75) is 101 Å². The Hall–Kier alpha value is -8.91. The number of fused-ring (bicyclic) bond motifs is 2. The van der Waals surface area contributed by atoms with Gasteiger partial charge in [0.25, 0.3) is 0 Å². The highest BCUT2D eigenvalue weighted by molar-refractivity contribution is 5.94. The Morgan fingerprint density at radius 1 is 0.602 bits per heavy atom. The van der Waals surface area contributed by atoms with E-state index in [0.29, 0.717) is 93.4 Å². The molecule has 88 heavy (non-hydrogen) atoms. The van der Waals surface area contributed by atoms with Gasteiger partial charge in [-0.3, -0.25) is 19.8 Å².